The molecule has 2 N–H and O–H groups in total. The van der Waals surface area contributed by atoms with Crippen LogP contribution in [0.5, 0.6) is 0 Å². The number of hydrogen-bond acceptors (Lipinski definition) is 4. The van der Waals surface area contributed by atoms with Crippen LogP contribution in [0.3, 0.4) is 0 Å². The Hall–Kier alpha value is -2.35. The molecular weight excluding hydrogens is 390 g/mol. The Labute approximate surface area is 154 Å². The fourth-order valence-corrected chi connectivity index (χ4v) is 2.81. The van der Waals surface area contributed by atoms with Crippen LogP contribution >= 0.6 is 15.9 Å². The maximum Gasteiger partial charge on any atom is 0.408 e. The van der Waals surface area contributed by atoms with Crippen LogP contribution in [0.25, 0.3) is 0 Å². The first kappa shape index (κ1) is 19.0. The molecule has 0 aliphatic heterocycles. The lowest BCUT2D eigenvalue weighted by Gasteiger charge is -2.15. The van der Waals surface area contributed by atoms with Gasteiger partial charge in [-0.1, -0.05) is 30.3 Å². The van der Waals surface area contributed by atoms with Crippen LogP contribution in [-0.2, 0) is 29.1 Å². The van der Waals surface area contributed by atoms with Crippen LogP contribution in [-0.4, -0.2) is 33.0 Å². The molecule has 0 saturated carbocycles. The van der Waals surface area contributed by atoms with E-state index in [0.29, 0.717) is 6.54 Å². The molecule has 0 radical (unpaired) electrons. The summed E-state index contributed by atoms with van der Waals surface area (Å²) < 4.78 is 7.56. The summed E-state index contributed by atoms with van der Waals surface area (Å²) in [6.07, 6.45) is -0.669. The predicted molar refractivity (Wildman–Crippen MR) is 95.2 cm³/mol. The number of nitrogens with one attached hydrogen (secondary N) is 1. The van der Waals surface area contributed by atoms with Crippen molar-refractivity contribution >= 4 is 28.0 Å². The first-order valence-electron chi connectivity index (χ1n) is 7.84. The second-order valence-corrected chi connectivity index (χ2v) is 6.26. The normalized spacial score (nSPS) is 11.8. The summed E-state index contributed by atoms with van der Waals surface area (Å²) in [4.78, 5) is 23.5. The molecule has 1 amide bonds. The molecule has 134 valence electrons. The van der Waals surface area contributed by atoms with Crippen LogP contribution in [0, 0.1) is 6.92 Å². The van der Waals surface area contributed by atoms with Crippen molar-refractivity contribution in [1.82, 2.24) is 15.1 Å². The lowest BCUT2D eigenvalue weighted by atomic mass is 10.1. The van der Waals surface area contributed by atoms with Crippen LogP contribution < -0.4 is 5.32 Å². The van der Waals surface area contributed by atoms with Gasteiger partial charge in [-0.25, -0.2) is 9.59 Å². The van der Waals surface area contributed by atoms with Gasteiger partial charge in [-0.2, -0.15) is 5.10 Å². The van der Waals surface area contributed by atoms with Gasteiger partial charge < -0.3 is 15.2 Å². The average Bonchev–Trinajstić information content (AvgIpc) is 2.87. The zero-order valence-electron chi connectivity index (χ0n) is 14.0. The highest BCUT2D eigenvalue weighted by Crippen LogP contribution is 2.22. The van der Waals surface area contributed by atoms with Crippen molar-refractivity contribution in [2.75, 3.05) is 0 Å². The largest absolute Gasteiger partial charge is 0.480 e. The summed E-state index contributed by atoms with van der Waals surface area (Å²) in [5.41, 5.74) is 2.32. The van der Waals surface area contributed by atoms with Gasteiger partial charge in [0.05, 0.1) is 15.9 Å². The Morgan fingerprint density at radius 2 is 2.04 bits per heavy atom. The first-order chi connectivity index (χ1) is 11.9. The van der Waals surface area contributed by atoms with E-state index in [1.54, 1.807) is 4.68 Å². The predicted octanol–water partition coefficient (Wildman–Crippen LogP) is 2.90. The molecule has 1 aromatic carbocycles. The third-order valence-corrected chi connectivity index (χ3v) is 4.68. The number of carbonyl (C=O) groups excluding carboxylic acids is 1. The third kappa shape index (κ3) is 5.06. The summed E-state index contributed by atoms with van der Waals surface area (Å²) in [5, 5.41) is 16.1. The number of halogens is 1. The van der Waals surface area contributed by atoms with E-state index in [-0.39, 0.29) is 13.0 Å². The number of benzene rings is 1. The van der Waals surface area contributed by atoms with Gasteiger partial charge in [0.2, 0.25) is 0 Å². The number of aromatic nitrogens is 2. The Balaban J connectivity index is 2.01. The first-order valence-corrected chi connectivity index (χ1v) is 8.63. The van der Waals surface area contributed by atoms with Gasteiger partial charge in [0, 0.05) is 13.0 Å². The fraction of sp³-hybridized carbons (Fsp3) is 0.353. The molecule has 1 atom stereocenters. The molecule has 1 unspecified atom stereocenters. The van der Waals surface area contributed by atoms with E-state index in [2.05, 4.69) is 26.3 Å². The minimum Gasteiger partial charge on any atom is -0.480 e. The number of nitrogens with zero attached hydrogens (tertiary/aromatic N) is 2. The van der Waals surface area contributed by atoms with Gasteiger partial charge >= 0.3 is 12.1 Å². The van der Waals surface area contributed by atoms with Gasteiger partial charge in [0.15, 0.2) is 0 Å². The zero-order chi connectivity index (χ0) is 18.4. The van der Waals surface area contributed by atoms with E-state index in [9.17, 15) is 14.7 Å². The number of alkyl carbamates (subject to hydrolysis) is 1. The van der Waals surface area contributed by atoms with Crippen molar-refractivity contribution in [2.24, 2.45) is 0 Å². The van der Waals surface area contributed by atoms with Crippen LogP contribution in [0.1, 0.15) is 23.9 Å². The Bertz CT molecular complexity index is 746. The monoisotopic (exact) mass is 409 g/mol. The summed E-state index contributed by atoms with van der Waals surface area (Å²) in [6, 6.07) is 8.07. The number of rotatable bonds is 7. The maximum atomic E-state index is 11.9. The molecule has 0 fully saturated rings. The second kappa shape index (κ2) is 8.66. The quantitative estimate of drug-likeness (QED) is 0.732. The Kier molecular flexibility index (Phi) is 6.58. The highest BCUT2D eigenvalue weighted by atomic mass is 79.9. The molecule has 7 nitrogen and oxygen atoms in total. The molecule has 1 heterocycles. The number of aryl methyl sites for hydroxylation is 2. The molecule has 8 heteroatoms. The fourth-order valence-electron chi connectivity index (χ4n) is 2.36. The number of carboxylic acids is 1. The van der Waals surface area contributed by atoms with E-state index >= 15 is 0 Å². The third-order valence-electron chi connectivity index (χ3n) is 3.65. The molecular formula is C17H20BrN3O4. The van der Waals surface area contributed by atoms with Crippen molar-refractivity contribution < 1.29 is 19.4 Å². The lowest BCUT2D eigenvalue weighted by Crippen LogP contribution is -2.43. The lowest BCUT2D eigenvalue weighted by molar-refractivity contribution is -0.139. The summed E-state index contributed by atoms with van der Waals surface area (Å²) in [6.45, 7) is 4.43. The van der Waals surface area contributed by atoms with Gasteiger partial charge in [0.25, 0.3) is 0 Å². The molecule has 1 aromatic heterocycles. The minimum absolute atomic E-state index is 0.0781. The number of carbonyl (C=O) groups is 2. The average molecular weight is 410 g/mol. The van der Waals surface area contributed by atoms with Crippen molar-refractivity contribution in [3.05, 3.63) is 51.8 Å². The van der Waals surface area contributed by atoms with E-state index in [0.717, 1.165) is 21.4 Å². The highest BCUT2D eigenvalue weighted by Gasteiger charge is 2.25. The molecule has 0 saturated heterocycles. The van der Waals surface area contributed by atoms with Gasteiger partial charge in [-0.3, -0.25) is 4.68 Å². The minimum atomic E-state index is -1.13. The van der Waals surface area contributed by atoms with Gasteiger partial charge in [-0.15, -0.1) is 0 Å². The molecule has 0 bridgehead atoms. The molecule has 0 aliphatic rings. The van der Waals surface area contributed by atoms with E-state index in [4.69, 9.17) is 4.74 Å². The summed E-state index contributed by atoms with van der Waals surface area (Å²) >= 11 is 3.43. The van der Waals surface area contributed by atoms with Crippen molar-refractivity contribution in [2.45, 2.75) is 39.5 Å². The van der Waals surface area contributed by atoms with Crippen LogP contribution in [0.2, 0.25) is 0 Å². The van der Waals surface area contributed by atoms with E-state index < -0.39 is 18.1 Å². The zero-order valence-corrected chi connectivity index (χ0v) is 15.6. The van der Waals surface area contributed by atoms with Gasteiger partial charge in [-0.05, 0) is 35.3 Å². The number of hydrogen-bond donors (Lipinski definition) is 2. The second-order valence-electron chi connectivity index (χ2n) is 5.46. The van der Waals surface area contributed by atoms with E-state index in [1.165, 1.54) is 0 Å². The van der Waals surface area contributed by atoms with E-state index in [1.807, 2.05) is 44.2 Å². The van der Waals surface area contributed by atoms with Crippen LogP contribution in [0.4, 0.5) is 4.79 Å². The maximum absolute atomic E-state index is 11.9. The highest BCUT2D eigenvalue weighted by molar-refractivity contribution is 9.10. The molecule has 2 rings (SSSR count). The standard InChI is InChI=1S/C17H20BrN3O4/c1-3-21-14(15(18)11(2)20-21)9-13(16(22)23)19-17(24)25-10-12-7-5-4-6-8-12/h4-8,13H,3,9-10H2,1-2H3,(H,19,24)(H,22,23). The van der Waals surface area contributed by atoms with Gasteiger partial charge in [0.1, 0.15) is 12.6 Å². The SMILES string of the molecule is CCn1nc(C)c(Br)c1CC(NC(=O)OCc1ccccc1)C(=O)O. The molecule has 0 aliphatic carbocycles. The smallest absolute Gasteiger partial charge is 0.408 e. The number of amides is 1. The Morgan fingerprint density at radius 1 is 1.36 bits per heavy atom. The molecule has 0 spiro atoms. The Morgan fingerprint density at radius 3 is 2.64 bits per heavy atom. The number of aliphatic carboxylic acids is 1. The molecule has 2 aromatic rings. The number of ether oxygens (including phenoxy) is 1. The van der Waals surface area contributed by atoms with Crippen LogP contribution in [0.15, 0.2) is 34.8 Å². The number of carboxylic acid groups (broad SMARTS) is 1. The summed E-state index contributed by atoms with van der Waals surface area (Å²) in [7, 11) is 0. The van der Waals surface area contributed by atoms with Crippen molar-refractivity contribution in [3.63, 3.8) is 0 Å². The molecule has 25 heavy (non-hydrogen) atoms. The summed E-state index contributed by atoms with van der Waals surface area (Å²) in [5.74, 6) is -1.13. The topological polar surface area (TPSA) is 93.5 Å². The van der Waals surface area contributed by atoms with Crippen molar-refractivity contribution in [3.8, 4) is 0 Å². The van der Waals surface area contributed by atoms with Crippen molar-refractivity contribution in [1.29, 1.82) is 0 Å².